The van der Waals surface area contributed by atoms with Gasteiger partial charge in [-0.3, -0.25) is 4.55 Å². The molecule has 0 fully saturated rings. The molecule has 0 amide bonds. The van der Waals surface area contributed by atoms with Crippen LogP contribution in [0.1, 0.15) is 5.56 Å². The van der Waals surface area contributed by atoms with E-state index < -0.39 is 9.33 Å². The summed E-state index contributed by atoms with van der Waals surface area (Å²) in [5.41, 5.74) is 1.32. The molecule has 0 heterocycles. The van der Waals surface area contributed by atoms with E-state index in [4.69, 9.17) is 13.0 Å². The maximum atomic E-state index is 8.95. The third kappa shape index (κ3) is 19.0. The first kappa shape index (κ1) is 15.9. The Morgan fingerprint density at radius 3 is 1.69 bits per heavy atom. The fraction of sp³-hybridized carbons (Fsp3) is 0.143. The Morgan fingerprint density at radius 1 is 1.23 bits per heavy atom. The van der Waals surface area contributed by atoms with E-state index in [2.05, 4.69) is 29.7 Å². The molecule has 13 heavy (non-hydrogen) atoms. The van der Waals surface area contributed by atoms with E-state index in [-0.39, 0.29) is 29.6 Å². The molecule has 0 aliphatic carbocycles. The fourth-order valence-electron chi connectivity index (χ4n) is 0.534. The van der Waals surface area contributed by atoms with Gasteiger partial charge in [0, 0.05) is 10.7 Å². The Labute approximate surface area is 105 Å². The monoisotopic (exact) mass is 232 g/mol. The molecule has 70 valence electrons. The molecule has 6 heteroatoms. The average molecular weight is 233 g/mol. The van der Waals surface area contributed by atoms with E-state index in [0.717, 1.165) is 0 Å². The molecule has 1 aromatic carbocycles. The zero-order valence-electron chi connectivity index (χ0n) is 6.44. The van der Waals surface area contributed by atoms with Crippen LogP contribution in [0.5, 0.6) is 0 Å². The molecule has 1 rings (SSSR count). The molecule has 0 atom stereocenters. The van der Waals surface area contributed by atoms with Gasteiger partial charge in [0.05, 0.1) is 0 Å². The number of hydrogen-bond donors (Lipinski definition) is 1. The van der Waals surface area contributed by atoms with Crippen LogP contribution < -0.4 is 0 Å². The summed E-state index contributed by atoms with van der Waals surface area (Å²) < 4.78 is 25.2. The normalized spacial score (nSPS) is 9.15. The topological polar surface area (TPSA) is 54.4 Å². The molecule has 0 radical (unpaired) electrons. The molecule has 0 aliphatic heterocycles. The van der Waals surface area contributed by atoms with Gasteiger partial charge in [0.2, 0.25) is 0 Å². The fourth-order valence-corrected chi connectivity index (χ4v) is 0.534. The van der Waals surface area contributed by atoms with Crippen LogP contribution in [0, 0.1) is 6.92 Å². The first-order valence-electron chi connectivity index (χ1n) is 3.08. The summed E-state index contributed by atoms with van der Waals surface area (Å²) in [5, 5.41) is 0. The zero-order chi connectivity index (χ0) is 9.61. The van der Waals surface area contributed by atoms with E-state index in [9.17, 15) is 0 Å². The third-order valence-corrected chi connectivity index (χ3v) is 0.940. The van der Waals surface area contributed by atoms with E-state index in [1.165, 1.54) is 5.56 Å². The van der Waals surface area contributed by atoms with Crippen LogP contribution in [-0.4, -0.2) is 42.5 Å². The van der Waals surface area contributed by atoms with Crippen LogP contribution in [-0.2, 0) is 9.33 Å². The van der Waals surface area contributed by atoms with Crippen molar-refractivity contribution in [1.29, 1.82) is 0 Å². The number of benzene rings is 1. The second-order valence-electron chi connectivity index (χ2n) is 2.07. The summed E-state index contributed by atoms with van der Waals surface area (Å²) >= 11 is 0. The van der Waals surface area contributed by atoms with Gasteiger partial charge < -0.3 is 0 Å². The number of halogens is 1. The predicted molar refractivity (Wildman–Crippen MR) is 55.7 cm³/mol. The molecule has 1 aromatic rings. The molecule has 1 N–H and O–H groups in total. The van der Waals surface area contributed by atoms with Gasteiger partial charge >= 0.3 is 38.9 Å². The van der Waals surface area contributed by atoms with Crippen LogP contribution in [0.25, 0.3) is 0 Å². The first-order chi connectivity index (χ1) is 5.39. The van der Waals surface area contributed by atoms with Gasteiger partial charge in [-0.1, -0.05) is 35.9 Å². The Kier molecular flexibility index (Phi) is 9.51. The van der Waals surface area contributed by atoms with Crippen molar-refractivity contribution in [3.63, 3.8) is 0 Å². The quantitative estimate of drug-likeness (QED) is 0.418. The summed E-state index contributed by atoms with van der Waals surface area (Å²) in [7, 11) is -0.137. The summed E-state index contributed by atoms with van der Waals surface area (Å²) in [6.07, 6.45) is 0. The van der Waals surface area contributed by atoms with Crippen molar-refractivity contribution in [2.45, 2.75) is 6.92 Å². The first-order valence-corrected chi connectivity index (χ1v) is 5.35. The van der Waals surface area contributed by atoms with Crippen molar-refractivity contribution in [3.05, 3.63) is 35.9 Å². The van der Waals surface area contributed by atoms with Gasteiger partial charge in [-0.15, -0.1) is 0 Å². The van der Waals surface area contributed by atoms with Gasteiger partial charge in [-0.05, 0) is 6.92 Å². The standard InChI is InChI=1S/C7H8.ClHO3S.Na.H/c1-7-5-3-2-4-6-7;1-5(2,3)4;;/h2-6H,1H3;(H,2,3,4);;. The number of hydrogen-bond acceptors (Lipinski definition) is 2. The molecule has 0 spiro atoms. The zero-order valence-corrected chi connectivity index (χ0v) is 8.01. The van der Waals surface area contributed by atoms with E-state index in [1.807, 2.05) is 18.2 Å². The van der Waals surface area contributed by atoms with Crippen molar-refractivity contribution < 1.29 is 13.0 Å². The molecule has 0 saturated heterocycles. The van der Waals surface area contributed by atoms with Gasteiger partial charge in [0.25, 0.3) is 0 Å². The minimum atomic E-state index is -4.19. The van der Waals surface area contributed by atoms with Crippen LogP contribution in [0.4, 0.5) is 0 Å². The predicted octanol–water partition coefficient (Wildman–Crippen LogP) is 1.37. The van der Waals surface area contributed by atoms with E-state index in [1.54, 1.807) is 0 Å². The number of aryl methyl sites for hydroxylation is 1. The SMILES string of the molecule is Cc1ccccc1.O=S(=O)(O)Cl.[NaH]. The third-order valence-electron chi connectivity index (χ3n) is 0.940. The minimum absolute atomic E-state index is 0. The second-order valence-corrected chi connectivity index (χ2v) is 4.06. The van der Waals surface area contributed by atoms with Crippen LogP contribution in [0.3, 0.4) is 0 Å². The van der Waals surface area contributed by atoms with Crippen molar-refractivity contribution in [2.75, 3.05) is 0 Å². The Balaban J connectivity index is 0. The van der Waals surface area contributed by atoms with Crippen molar-refractivity contribution in [1.82, 2.24) is 0 Å². The Morgan fingerprint density at radius 2 is 1.54 bits per heavy atom. The number of rotatable bonds is 0. The molecule has 3 nitrogen and oxygen atoms in total. The van der Waals surface area contributed by atoms with Crippen LogP contribution in [0.15, 0.2) is 30.3 Å². The molecule has 0 saturated carbocycles. The molecular weight excluding hydrogens is 223 g/mol. The van der Waals surface area contributed by atoms with Crippen LogP contribution in [0.2, 0.25) is 0 Å². The maximum absolute atomic E-state index is 8.95. The average Bonchev–Trinajstić information content (AvgIpc) is 1.85. The van der Waals surface area contributed by atoms with E-state index >= 15 is 0 Å². The van der Waals surface area contributed by atoms with Crippen molar-refractivity contribution in [3.8, 4) is 0 Å². The second kappa shape index (κ2) is 7.79. The summed E-state index contributed by atoms with van der Waals surface area (Å²) in [6.45, 7) is 2.08. The summed E-state index contributed by atoms with van der Waals surface area (Å²) in [5.74, 6) is 0. The van der Waals surface area contributed by atoms with Crippen molar-refractivity contribution in [2.24, 2.45) is 0 Å². The van der Waals surface area contributed by atoms with Crippen molar-refractivity contribution >= 4 is 49.6 Å². The van der Waals surface area contributed by atoms with Gasteiger partial charge in [-0.2, -0.15) is 8.42 Å². The molecule has 0 unspecified atom stereocenters. The Bertz CT molecular complexity index is 304. The van der Waals surface area contributed by atoms with E-state index in [0.29, 0.717) is 0 Å². The van der Waals surface area contributed by atoms with Gasteiger partial charge in [-0.25, -0.2) is 0 Å². The molecule has 0 aliphatic rings. The summed E-state index contributed by atoms with van der Waals surface area (Å²) in [4.78, 5) is 0. The molecule has 0 bridgehead atoms. The van der Waals surface area contributed by atoms with Gasteiger partial charge in [0.1, 0.15) is 0 Å². The summed E-state index contributed by atoms with van der Waals surface area (Å²) in [6, 6.07) is 10.3. The van der Waals surface area contributed by atoms with Crippen LogP contribution >= 0.6 is 10.7 Å². The van der Waals surface area contributed by atoms with Gasteiger partial charge in [0.15, 0.2) is 0 Å². The molecular formula is C7H10ClNaO3S. The Hall–Kier alpha value is 0.420. The molecule has 0 aromatic heterocycles.